The third kappa shape index (κ3) is 4.69. The Hall–Kier alpha value is -2.22. The summed E-state index contributed by atoms with van der Waals surface area (Å²) in [5.41, 5.74) is 0.788. The van der Waals surface area contributed by atoms with Gasteiger partial charge in [0.15, 0.2) is 0 Å². The van der Waals surface area contributed by atoms with Crippen LogP contribution in [-0.4, -0.2) is 47.0 Å². The third-order valence-electron chi connectivity index (χ3n) is 4.33. The van der Waals surface area contributed by atoms with Gasteiger partial charge in [0.25, 0.3) is 5.91 Å². The van der Waals surface area contributed by atoms with Crippen LogP contribution in [0.1, 0.15) is 45.5 Å². The van der Waals surface area contributed by atoms with Gasteiger partial charge in [-0.05, 0) is 40.0 Å². The van der Waals surface area contributed by atoms with Crippen molar-refractivity contribution in [1.82, 2.24) is 20.3 Å². The van der Waals surface area contributed by atoms with Crippen molar-refractivity contribution < 1.29 is 4.79 Å². The summed E-state index contributed by atoms with van der Waals surface area (Å²) < 4.78 is 0. The molecule has 1 fully saturated rings. The second-order valence-electron chi connectivity index (χ2n) is 6.54. The van der Waals surface area contributed by atoms with Gasteiger partial charge in [0.05, 0.1) is 10.7 Å². The molecule has 1 amide bonds. The Kier molecular flexibility index (Phi) is 6.03. The van der Waals surface area contributed by atoms with Crippen molar-refractivity contribution in [2.75, 3.05) is 36.4 Å². The van der Waals surface area contributed by atoms with Gasteiger partial charge in [-0.3, -0.25) is 4.79 Å². The molecule has 3 rings (SSSR count). The molecule has 2 N–H and O–H groups in total. The van der Waals surface area contributed by atoms with Crippen LogP contribution in [-0.2, 0) is 0 Å². The van der Waals surface area contributed by atoms with Crippen LogP contribution < -0.4 is 15.5 Å². The topological polar surface area (TPSA) is 83.0 Å². The summed E-state index contributed by atoms with van der Waals surface area (Å²) in [4.78, 5) is 28.5. The number of hydrogen-bond donors (Lipinski definition) is 2. The molecule has 2 aromatic rings. The lowest BCUT2D eigenvalue weighted by Gasteiger charge is -2.28. The summed E-state index contributed by atoms with van der Waals surface area (Å²) in [6.45, 7) is 8.93. The first kappa shape index (κ1) is 18.6. The smallest absolute Gasteiger partial charge is 0.263 e. The molecule has 0 aromatic carbocycles. The van der Waals surface area contributed by atoms with E-state index in [1.165, 1.54) is 30.6 Å². The first-order chi connectivity index (χ1) is 12.5. The van der Waals surface area contributed by atoms with Gasteiger partial charge in [-0.25, -0.2) is 15.0 Å². The number of amides is 1. The zero-order valence-corrected chi connectivity index (χ0v) is 16.4. The number of carbonyl (C=O) groups excluding carboxylic acids is 1. The molecule has 0 atom stereocenters. The summed E-state index contributed by atoms with van der Waals surface area (Å²) in [6.07, 6.45) is 3.73. The van der Waals surface area contributed by atoms with Crippen molar-refractivity contribution in [1.29, 1.82) is 0 Å². The fourth-order valence-electron chi connectivity index (χ4n) is 3.12. The number of aryl methyl sites for hydroxylation is 3. The molecule has 1 aliphatic rings. The van der Waals surface area contributed by atoms with E-state index in [-0.39, 0.29) is 5.91 Å². The van der Waals surface area contributed by atoms with Crippen LogP contribution in [0.2, 0.25) is 0 Å². The molecule has 0 spiro atoms. The average molecular weight is 375 g/mol. The number of anilines is 2. The van der Waals surface area contributed by atoms with Gasteiger partial charge < -0.3 is 15.5 Å². The predicted octanol–water partition coefficient (Wildman–Crippen LogP) is 2.69. The number of nitrogens with zero attached hydrogens (tertiary/aromatic N) is 4. The highest BCUT2D eigenvalue weighted by Crippen LogP contribution is 2.20. The standard InChI is InChI=1S/C18H26N6OS/c1-12-17(26-14(3)21-12)18(25)20-8-7-19-15-11-16(23-13(2)22-15)24-9-5-4-6-10-24/h11H,4-10H2,1-3H3,(H,20,25)(H,19,22,23). The minimum Gasteiger partial charge on any atom is -0.368 e. The minimum atomic E-state index is -0.0669. The molecule has 2 aromatic heterocycles. The van der Waals surface area contributed by atoms with E-state index in [1.807, 2.05) is 26.8 Å². The molecule has 0 radical (unpaired) electrons. The Labute approximate surface area is 158 Å². The summed E-state index contributed by atoms with van der Waals surface area (Å²) >= 11 is 1.43. The maximum absolute atomic E-state index is 12.2. The van der Waals surface area contributed by atoms with Crippen LogP contribution in [0.25, 0.3) is 0 Å². The Morgan fingerprint density at radius 1 is 1.12 bits per heavy atom. The SMILES string of the molecule is Cc1nc(NCCNC(=O)c2sc(C)nc2C)cc(N2CCCCC2)n1. The van der Waals surface area contributed by atoms with Crippen LogP contribution in [0.15, 0.2) is 6.07 Å². The van der Waals surface area contributed by atoms with E-state index < -0.39 is 0 Å². The highest BCUT2D eigenvalue weighted by molar-refractivity contribution is 7.13. The zero-order chi connectivity index (χ0) is 18.5. The molecule has 0 saturated carbocycles. The summed E-state index contributed by atoms with van der Waals surface area (Å²) in [5.74, 6) is 2.48. The number of carbonyl (C=O) groups is 1. The molecule has 140 valence electrons. The summed E-state index contributed by atoms with van der Waals surface area (Å²) in [6, 6.07) is 2.00. The lowest BCUT2D eigenvalue weighted by Crippen LogP contribution is -2.31. The van der Waals surface area contributed by atoms with Gasteiger partial charge in [-0.1, -0.05) is 0 Å². The van der Waals surface area contributed by atoms with Crippen molar-refractivity contribution in [3.63, 3.8) is 0 Å². The fourth-order valence-corrected chi connectivity index (χ4v) is 3.95. The molecule has 1 aliphatic heterocycles. The normalized spacial score (nSPS) is 14.3. The highest BCUT2D eigenvalue weighted by Gasteiger charge is 2.15. The van der Waals surface area contributed by atoms with Crippen molar-refractivity contribution in [3.05, 3.63) is 27.5 Å². The van der Waals surface area contributed by atoms with Gasteiger partial charge in [0.2, 0.25) is 0 Å². The molecule has 0 unspecified atom stereocenters. The number of rotatable bonds is 6. The van der Waals surface area contributed by atoms with Gasteiger partial charge in [0, 0.05) is 32.2 Å². The van der Waals surface area contributed by atoms with E-state index in [1.54, 1.807) is 0 Å². The Morgan fingerprint density at radius 3 is 2.58 bits per heavy atom. The van der Waals surface area contributed by atoms with E-state index in [2.05, 4.69) is 30.5 Å². The molecule has 0 aliphatic carbocycles. The van der Waals surface area contributed by atoms with Crippen LogP contribution in [0.3, 0.4) is 0 Å². The maximum atomic E-state index is 12.2. The average Bonchev–Trinajstić information content (AvgIpc) is 2.97. The van der Waals surface area contributed by atoms with Gasteiger partial charge in [0.1, 0.15) is 22.3 Å². The summed E-state index contributed by atoms with van der Waals surface area (Å²) in [7, 11) is 0. The van der Waals surface area contributed by atoms with Crippen LogP contribution in [0.5, 0.6) is 0 Å². The van der Waals surface area contributed by atoms with E-state index >= 15 is 0 Å². The van der Waals surface area contributed by atoms with Crippen molar-refractivity contribution in [2.45, 2.75) is 40.0 Å². The fraction of sp³-hybridized carbons (Fsp3) is 0.556. The Morgan fingerprint density at radius 2 is 1.88 bits per heavy atom. The molecule has 7 nitrogen and oxygen atoms in total. The first-order valence-corrected chi connectivity index (χ1v) is 9.91. The predicted molar refractivity (Wildman–Crippen MR) is 105 cm³/mol. The minimum absolute atomic E-state index is 0.0669. The maximum Gasteiger partial charge on any atom is 0.263 e. The number of thiazole rings is 1. The third-order valence-corrected chi connectivity index (χ3v) is 5.40. The van der Waals surface area contributed by atoms with E-state index in [0.717, 1.165) is 41.3 Å². The second-order valence-corrected chi connectivity index (χ2v) is 7.74. The number of piperidine rings is 1. The van der Waals surface area contributed by atoms with E-state index in [0.29, 0.717) is 18.0 Å². The quantitative estimate of drug-likeness (QED) is 0.757. The summed E-state index contributed by atoms with van der Waals surface area (Å²) in [5, 5.41) is 7.13. The van der Waals surface area contributed by atoms with Crippen molar-refractivity contribution in [3.8, 4) is 0 Å². The van der Waals surface area contributed by atoms with Crippen molar-refractivity contribution in [2.24, 2.45) is 0 Å². The number of hydrogen-bond acceptors (Lipinski definition) is 7. The molecular weight excluding hydrogens is 348 g/mol. The highest BCUT2D eigenvalue weighted by atomic mass is 32.1. The van der Waals surface area contributed by atoms with Crippen LogP contribution in [0, 0.1) is 20.8 Å². The molecule has 3 heterocycles. The lowest BCUT2D eigenvalue weighted by atomic mass is 10.1. The van der Waals surface area contributed by atoms with E-state index in [4.69, 9.17) is 0 Å². The van der Waals surface area contributed by atoms with E-state index in [9.17, 15) is 4.79 Å². The van der Waals surface area contributed by atoms with Gasteiger partial charge in [-0.15, -0.1) is 11.3 Å². The van der Waals surface area contributed by atoms with Crippen LogP contribution in [0.4, 0.5) is 11.6 Å². The molecule has 8 heteroatoms. The van der Waals surface area contributed by atoms with Crippen LogP contribution >= 0.6 is 11.3 Å². The Balaban J connectivity index is 1.52. The lowest BCUT2D eigenvalue weighted by molar-refractivity contribution is 0.0958. The van der Waals surface area contributed by atoms with Gasteiger partial charge >= 0.3 is 0 Å². The van der Waals surface area contributed by atoms with Gasteiger partial charge in [-0.2, -0.15) is 0 Å². The van der Waals surface area contributed by atoms with Crippen molar-refractivity contribution >= 4 is 28.9 Å². The zero-order valence-electron chi connectivity index (χ0n) is 15.6. The molecular formula is C18H26N6OS. The number of aromatic nitrogens is 3. The Bertz CT molecular complexity index is 769. The largest absolute Gasteiger partial charge is 0.368 e. The molecule has 1 saturated heterocycles. The number of nitrogens with one attached hydrogen (secondary N) is 2. The molecule has 0 bridgehead atoms. The first-order valence-electron chi connectivity index (χ1n) is 9.09. The second kappa shape index (κ2) is 8.44. The molecule has 26 heavy (non-hydrogen) atoms. The monoisotopic (exact) mass is 374 g/mol.